The van der Waals surface area contributed by atoms with Crippen molar-refractivity contribution in [3.8, 4) is 17.4 Å². The van der Waals surface area contributed by atoms with Gasteiger partial charge < -0.3 is 13.9 Å². The van der Waals surface area contributed by atoms with Gasteiger partial charge in [0.1, 0.15) is 23.2 Å². The molecule has 0 fully saturated rings. The van der Waals surface area contributed by atoms with Crippen LogP contribution in [0, 0.1) is 11.3 Å². The molecule has 180 valence electrons. The van der Waals surface area contributed by atoms with Gasteiger partial charge in [0.25, 0.3) is 11.8 Å². The van der Waals surface area contributed by atoms with Crippen molar-refractivity contribution in [1.82, 2.24) is 4.90 Å². The van der Waals surface area contributed by atoms with Crippen molar-refractivity contribution in [2.24, 2.45) is 0 Å². The summed E-state index contributed by atoms with van der Waals surface area (Å²) < 4.78 is 15.7. The van der Waals surface area contributed by atoms with Gasteiger partial charge in [0.2, 0.25) is 0 Å². The highest BCUT2D eigenvalue weighted by Gasteiger charge is 2.35. The molecule has 0 saturated heterocycles. The molecule has 3 rings (SSSR count). The van der Waals surface area contributed by atoms with Gasteiger partial charge in [0, 0.05) is 24.6 Å². The van der Waals surface area contributed by atoms with Crippen LogP contribution in [0.3, 0.4) is 0 Å². The highest BCUT2D eigenvalue weighted by Crippen LogP contribution is 2.29. The van der Waals surface area contributed by atoms with Crippen molar-refractivity contribution >= 4 is 29.8 Å². The van der Waals surface area contributed by atoms with Gasteiger partial charge in [-0.3, -0.25) is 19.3 Å². The van der Waals surface area contributed by atoms with E-state index in [-0.39, 0.29) is 42.9 Å². The number of nitrogens with zero attached hydrogens (tertiary/aromatic N) is 2. The van der Waals surface area contributed by atoms with E-state index < -0.39 is 23.8 Å². The van der Waals surface area contributed by atoms with E-state index in [9.17, 15) is 24.4 Å². The number of ether oxygens (including phenoxy) is 2. The molecule has 2 amide bonds. The maximum Gasteiger partial charge on any atom is 0.338 e. The first-order valence-corrected chi connectivity index (χ1v) is 11.0. The summed E-state index contributed by atoms with van der Waals surface area (Å²) in [6.45, 7) is 4.87. The molecule has 1 aliphatic heterocycles. The number of carbonyl (C=O) groups is 4. The molecule has 1 aromatic heterocycles. The van der Waals surface area contributed by atoms with Crippen LogP contribution in [0.5, 0.6) is 0 Å². The second-order valence-electron chi connectivity index (χ2n) is 7.63. The van der Waals surface area contributed by atoms with Crippen molar-refractivity contribution < 1.29 is 33.1 Å². The Bertz CT molecular complexity index is 1260. The fourth-order valence-corrected chi connectivity index (χ4v) is 3.48. The first-order chi connectivity index (χ1) is 16.8. The van der Waals surface area contributed by atoms with E-state index >= 15 is 0 Å². The fraction of sp³-hybridized carbons (Fsp3) is 0.269. The zero-order valence-electron chi connectivity index (χ0n) is 19.6. The van der Waals surface area contributed by atoms with Gasteiger partial charge in [-0.25, -0.2) is 4.79 Å². The highest BCUT2D eigenvalue weighted by molar-refractivity contribution is 6.19. The molecule has 0 aliphatic carbocycles. The molecule has 0 N–H and O–H groups in total. The molecule has 35 heavy (non-hydrogen) atoms. The molecule has 0 atom stereocenters. The number of imide groups is 1. The van der Waals surface area contributed by atoms with Crippen LogP contribution in [-0.4, -0.2) is 48.4 Å². The molecule has 1 aliphatic rings. The second-order valence-corrected chi connectivity index (χ2v) is 7.63. The summed E-state index contributed by atoms with van der Waals surface area (Å²) in [4.78, 5) is 49.5. The summed E-state index contributed by atoms with van der Waals surface area (Å²) in [6, 6.07) is 11.9. The van der Waals surface area contributed by atoms with Gasteiger partial charge in [-0.2, -0.15) is 5.26 Å². The van der Waals surface area contributed by atoms with E-state index in [2.05, 4.69) is 0 Å². The van der Waals surface area contributed by atoms with Gasteiger partial charge in [0.05, 0.1) is 18.8 Å². The molecule has 0 radical (unpaired) electrons. The zero-order chi connectivity index (χ0) is 25.5. The summed E-state index contributed by atoms with van der Waals surface area (Å²) in [6.07, 6.45) is 1.73. The molecule has 9 nitrogen and oxygen atoms in total. The molecule has 2 heterocycles. The van der Waals surface area contributed by atoms with Crippen molar-refractivity contribution in [3.63, 3.8) is 0 Å². The second kappa shape index (κ2) is 11.1. The number of amides is 2. The van der Waals surface area contributed by atoms with E-state index in [0.29, 0.717) is 22.6 Å². The Morgan fingerprint density at radius 2 is 1.80 bits per heavy atom. The lowest BCUT2D eigenvalue weighted by Crippen LogP contribution is -2.43. The Balaban J connectivity index is 1.85. The molecule has 1 aromatic carbocycles. The van der Waals surface area contributed by atoms with Crippen LogP contribution < -0.4 is 0 Å². The Labute approximate surface area is 202 Å². The Hall–Kier alpha value is -4.45. The Kier molecular flexibility index (Phi) is 8.00. The van der Waals surface area contributed by atoms with Crippen molar-refractivity contribution in [2.45, 2.75) is 27.2 Å². The third-order valence-electron chi connectivity index (χ3n) is 5.25. The smallest absolute Gasteiger partial charge is 0.338 e. The average Bonchev–Trinajstić information content (AvgIpc) is 3.30. The first kappa shape index (κ1) is 25.2. The number of carbonyl (C=O) groups excluding carboxylic acids is 4. The summed E-state index contributed by atoms with van der Waals surface area (Å²) >= 11 is 0. The summed E-state index contributed by atoms with van der Waals surface area (Å²) in [5, 5.41) is 9.49. The lowest BCUT2D eigenvalue weighted by atomic mass is 9.94. The van der Waals surface area contributed by atoms with Crippen LogP contribution in [0.15, 0.2) is 57.5 Å². The lowest BCUT2D eigenvalue weighted by Gasteiger charge is -2.27. The van der Waals surface area contributed by atoms with Gasteiger partial charge in [-0.05, 0) is 56.2 Å². The van der Waals surface area contributed by atoms with Gasteiger partial charge in [0.15, 0.2) is 0 Å². The van der Waals surface area contributed by atoms with Gasteiger partial charge in [-0.15, -0.1) is 0 Å². The highest BCUT2D eigenvalue weighted by atomic mass is 16.5. The fourth-order valence-electron chi connectivity index (χ4n) is 3.48. The lowest BCUT2D eigenvalue weighted by molar-refractivity contribution is -0.141. The number of rotatable bonds is 8. The minimum atomic E-state index is -0.684. The molecule has 0 unspecified atom stereocenters. The number of hydrogen-bond donors (Lipinski definition) is 0. The first-order valence-electron chi connectivity index (χ1n) is 11.0. The number of nitriles is 1. The van der Waals surface area contributed by atoms with E-state index in [4.69, 9.17) is 13.9 Å². The average molecular weight is 476 g/mol. The summed E-state index contributed by atoms with van der Waals surface area (Å²) in [5.74, 6) is -1.26. The predicted octanol–water partition coefficient (Wildman–Crippen LogP) is 3.67. The monoisotopic (exact) mass is 476 g/mol. The van der Waals surface area contributed by atoms with E-state index in [1.165, 1.54) is 19.9 Å². The van der Waals surface area contributed by atoms with Crippen LogP contribution in [0.1, 0.15) is 43.3 Å². The number of furan rings is 1. The minimum absolute atomic E-state index is 0.00301. The third kappa shape index (κ3) is 5.73. The van der Waals surface area contributed by atoms with Crippen LogP contribution in [0.25, 0.3) is 17.4 Å². The van der Waals surface area contributed by atoms with Gasteiger partial charge >= 0.3 is 11.9 Å². The van der Waals surface area contributed by atoms with Crippen LogP contribution in [-0.2, 0) is 23.9 Å². The van der Waals surface area contributed by atoms with Crippen molar-refractivity contribution in [1.29, 1.82) is 5.26 Å². The maximum absolute atomic E-state index is 13.1. The summed E-state index contributed by atoms with van der Waals surface area (Å²) in [7, 11) is 0. The Morgan fingerprint density at radius 3 is 2.43 bits per heavy atom. The quantitative estimate of drug-likeness (QED) is 0.244. The predicted molar refractivity (Wildman–Crippen MR) is 124 cm³/mol. The largest absolute Gasteiger partial charge is 0.466 e. The normalized spacial score (nSPS) is 14.8. The van der Waals surface area contributed by atoms with Gasteiger partial charge in [-0.1, -0.05) is 12.1 Å². The number of benzene rings is 1. The van der Waals surface area contributed by atoms with Crippen LogP contribution in [0.4, 0.5) is 0 Å². The molecular formula is C26H24N2O7. The van der Waals surface area contributed by atoms with E-state index in [0.717, 1.165) is 4.90 Å². The molecular weight excluding hydrogens is 452 g/mol. The summed E-state index contributed by atoms with van der Waals surface area (Å²) in [5.41, 5.74) is 1.41. The molecule has 0 saturated carbocycles. The van der Waals surface area contributed by atoms with Crippen LogP contribution >= 0.6 is 0 Å². The maximum atomic E-state index is 13.1. The molecule has 2 aromatic rings. The van der Waals surface area contributed by atoms with Crippen LogP contribution in [0.2, 0.25) is 0 Å². The number of esters is 2. The minimum Gasteiger partial charge on any atom is -0.466 e. The molecule has 0 bridgehead atoms. The molecule has 9 heteroatoms. The van der Waals surface area contributed by atoms with Crippen molar-refractivity contribution in [2.75, 3.05) is 19.8 Å². The van der Waals surface area contributed by atoms with E-state index in [1.54, 1.807) is 43.3 Å². The molecule has 0 spiro atoms. The zero-order valence-corrected chi connectivity index (χ0v) is 19.6. The van der Waals surface area contributed by atoms with Crippen molar-refractivity contribution in [3.05, 3.63) is 64.4 Å². The van der Waals surface area contributed by atoms with E-state index in [1.807, 2.05) is 6.07 Å². The standard InChI is InChI=1S/C26H24N2O7/c1-4-33-26(32)19-8-6-18(7-9-19)23-11-10-20(35-23)14-21-16(2)22(15-27)25(31)28(24(21)30)12-5-13-34-17(3)29/h6-11,14H,4-5,12-13H2,1-3H3/b21-14+. The SMILES string of the molecule is CCOC(=O)c1ccc(-c2ccc(/C=C3/C(=O)N(CCCOC(C)=O)C(=O)C(C#N)=C3C)o2)cc1. The topological polar surface area (TPSA) is 127 Å². The third-order valence-corrected chi connectivity index (χ3v) is 5.25. The Morgan fingerprint density at radius 1 is 1.09 bits per heavy atom. The number of hydrogen-bond acceptors (Lipinski definition) is 8.